The number of carbonyl (C=O) groups excluding carboxylic acids is 1. The zero-order valence-corrected chi connectivity index (χ0v) is 18.7. The smallest absolute Gasteiger partial charge is 0.336 e. The summed E-state index contributed by atoms with van der Waals surface area (Å²) in [6.45, 7) is 1.38. The molecule has 33 heavy (non-hydrogen) atoms. The second-order valence-electron chi connectivity index (χ2n) is 7.34. The highest BCUT2D eigenvalue weighted by Crippen LogP contribution is 2.00. The van der Waals surface area contributed by atoms with Crippen LogP contribution in [0.2, 0.25) is 0 Å². The molecule has 180 valence electrons. The van der Waals surface area contributed by atoms with Gasteiger partial charge in [-0.1, -0.05) is 0 Å². The van der Waals surface area contributed by atoms with Gasteiger partial charge >= 0.3 is 17.1 Å². The first kappa shape index (κ1) is 27.4. The highest BCUT2D eigenvalue weighted by atomic mass is 16.5. The highest BCUT2D eigenvalue weighted by Gasteiger charge is 2.15. The number of aliphatic imine (C=N–C) groups is 1. The standard InChI is InChI=1S/C21H30N6O6/c22-16-32-14-8-2-6-12-26-19(29)25(11-5-1-4-10-24-18-28)20(30)27(21(26)31)13-7-3-9-15-33-17-23/h1-15H2. The molecular formula is C21H30N6O6. The Morgan fingerprint density at radius 2 is 1.03 bits per heavy atom. The van der Waals surface area contributed by atoms with Gasteiger partial charge in [0.25, 0.3) is 12.5 Å². The van der Waals surface area contributed by atoms with Gasteiger partial charge in [0.15, 0.2) is 0 Å². The summed E-state index contributed by atoms with van der Waals surface area (Å²) in [6, 6.07) is 0. The monoisotopic (exact) mass is 462 g/mol. The molecule has 0 spiro atoms. The van der Waals surface area contributed by atoms with Gasteiger partial charge in [0.05, 0.1) is 6.54 Å². The lowest BCUT2D eigenvalue weighted by molar-refractivity contribution is 0.258. The van der Waals surface area contributed by atoms with Crippen LogP contribution in [-0.2, 0) is 33.9 Å². The summed E-state index contributed by atoms with van der Waals surface area (Å²) in [4.78, 5) is 52.2. The molecule has 12 heteroatoms. The number of isocyanates is 1. The highest BCUT2D eigenvalue weighted by molar-refractivity contribution is 5.32. The van der Waals surface area contributed by atoms with Gasteiger partial charge in [0.1, 0.15) is 13.2 Å². The van der Waals surface area contributed by atoms with Crippen LogP contribution in [0.1, 0.15) is 57.8 Å². The van der Waals surface area contributed by atoms with Gasteiger partial charge in [0.2, 0.25) is 6.08 Å². The molecule has 1 aromatic heterocycles. The Kier molecular flexibility index (Phi) is 14.1. The number of ether oxygens (including phenoxy) is 2. The summed E-state index contributed by atoms with van der Waals surface area (Å²) in [5.74, 6) is 0. The number of nitriles is 2. The van der Waals surface area contributed by atoms with Crippen LogP contribution in [0.15, 0.2) is 19.4 Å². The van der Waals surface area contributed by atoms with Crippen molar-refractivity contribution in [2.24, 2.45) is 4.99 Å². The van der Waals surface area contributed by atoms with E-state index in [0.717, 1.165) is 13.7 Å². The number of nitrogens with zero attached hydrogens (tertiary/aromatic N) is 6. The number of rotatable bonds is 18. The second-order valence-corrected chi connectivity index (χ2v) is 7.34. The lowest BCUT2D eigenvalue weighted by atomic mass is 10.2. The van der Waals surface area contributed by atoms with Crippen molar-refractivity contribution >= 4 is 6.08 Å². The van der Waals surface area contributed by atoms with Gasteiger partial charge < -0.3 is 9.47 Å². The molecule has 0 saturated heterocycles. The molecule has 0 unspecified atom stereocenters. The average molecular weight is 463 g/mol. The molecule has 12 nitrogen and oxygen atoms in total. The van der Waals surface area contributed by atoms with Crippen LogP contribution in [-0.4, -0.2) is 39.5 Å². The topological polar surface area (TPSA) is 161 Å². The van der Waals surface area contributed by atoms with Crippen LogP contribution in [0.5, 0.6) is 0 Å². The molecule has 0 fully saturated rings. The molecule has 0 N–H and O–H groups in total. The molecule has 0 aliphatic heterocycles. The Labute approximate surface area is 191 Å². The minimum absolute atomic E-state index is 0.161. The van der Waals surface area contributed by atoms with Crippen LogP contribution in [0.4, 0.5) is 0 Å². The SMILES string of the molecule is N#COCCCCCn1c(=O)n(CCCCCN=C=O)c(=O)n(CCCCCOC#N)c1=O. The van der Waals surface area contributed by atoms with Gasteiger partial charge in [-0.15, -0.1) is 0 Å². The van der Waals surface area contributed by atoms with E-state index in [9.17, 15) is 19.2 Å². The fraction of sp³-hybridized carbons (Fsp3) is 0.714. The summed E-state index contributed by atoms with van der Waals surface area (Å²) < 4.78 is 12.5. The molecule has 0 aliphatic rings. The van der Waals surface area contributed by atoms with E-state index in [4.69, 9.17) is 10.5 Å². The summed E-state index contributed by atoms with van der Waals surface area (Å²) in [5, 5.41) is 16.8. The van der Waals surface area contributed by atoms with E-state index in [1.807, 2.05) is 0 Å². The number of unbranched alkanes of at least 4 members (excludes halogenated alkanes) is 6. The van der Waals surface area contributed by atoms with E-state index in [1.54, 1.807) is 12.5 Å². The van der Waals surface area contributed by atoms with E-state index in [1.165, 1.54) is 6.08 Å². The third-order valence-electron chi connectivity index (χ3n) is 4.99. The molecule has 0 bridgehead atoms. The van der Waals surface area contributed by atoms with Crippen molar-refractivity contribution in [3.05, 3.63) is 31.5 Å². The summed E-state index contributed by atoms with van der Waals surface area (Å²) in [6.07, 6.45) is 10.1. The largest absolute Gasteiger partial charge is 0.428 e. The predicted molar refractivity (Wildman–Crippen MR) is 117 cm³/mol. The van der Waals surface area contributed by atoms with Crippen LogP contribution < -0.4 is 17.1 Å². The Hall–Kier alpha value is -3.63. The van der Waals surface area contributed by atoms with Crippen LogP contribution in [0, 0.1) is 23.0 Å². The summed E-state index contributed by atoms with van der Waals surface area (Å²) >= 11 is 0. The number of aromatic nitrogens is 3. The first-order valence-corrected chi connectivity index (χ1v) is 11.1. The molecule has 0 aromatic carbocycles. The minimum atomic E-state index is -0.636. The predicted octanol–water partition coefficient (Wildman–Crippen LogP) is 1.01. The third-order valence-corrected chi connectivity index (χ3v) is 4.99. The normalized spacial score (nSPS) is 10.1. The maximum absolute atomic E-state index is 12.9. The van der Waals surface area contributed by atoms with Gasteiger partial charge in [0, 0.05) is 19.6 Å². The van der Waals surface area contributed by atoms with Gasteiger partial charge in [-0.2, -0.15) is 10.5 Å². The molecule has 0 atom stereocenters. The Morgan fingerprint density at radius 1 is 0.636 bits per heavy atom. The first-order chi connectivity index (χ1) is 16.1. The third kappa shape index (κ3) is 10.0. The van der Waals surface area contributed by atoms with Gasteiger partial charge in [-0.05, 0) is 57.8 Å². The average Bonchev–Trinajstić information content (AvgIpc) is 2.81. The molecule has 1 rings (SSSR count). The van der Waals surface area contributed by atoms with Crippen molar-refractivity contribution in [3.8, 4) is 12.5 Å². The van der Waals surface area contributed by atoms with Crippen molar-refractivity contribution < 1.29 is 14.3 Å². The van der Waals surface area contributed by atoms with Gasteiger partial charge in [-0.3, -0.25) is 0 Å². The zero-order chi connectivity index (χ0) is 24.3. The summed E-state index contributed by atoms with van der Waals surface area (Å²) in [5.41, 5.74) is -1.91. The molecule has 0 amide bonds. The Morgan fingerprint density at radius 3 is 1.39 bits per heavy atom. The van der Waals surface area contributed by atoms with Crippen LogP contribution in [0.3, 0.4) is 0 Å². The molecule has 0 aliphatic carbocycles. The second kappa shape index (κ2) is 17.0. The molecular weight excluding hydrogens is 432 g/mol. The molecule has 1 heterocycles. The molecule has 0 saturated carbocycles. The van der Waals surface area contributed by atoms with E-state index in [0.29, 0.717) is 64.3 Å². The van der Waals surface area contributed by atoms with E-state index >= 15 is 0 Å². The van der Waals surface area contributed by atoms with Crippen molar-refractivity contribution in [1.82, 2.24) is 13.7 Å². The quantitative estimate of drug-likeness (QED) is 0.135. The molecule has 1 aromatic rings. The van der Waals surface area contributed by atoms with Crippen LogP contribution >= 0.6 is 0 Å². The lowest BCUT2D eigenvalue weighted by Gasteiger charge is -2.14. The van der Waals surface area contributed by atoms with E-state index < -0.39 is 17.1 Å². The summed E-state index contributed by atoms with van der Waals surface area (Å²) in [7, 11) is 0. The van der Waals surface area contributed by atoms with Crippen molar-refractivity contribution in [2.75, 3.05) is 19.8 Å². The lowest BCUT2D eigenvalue weighted by Crippen LogP contribution is -2.54. The van der Waals surface area contributed by atoms with Crippen LogP contribution in [0.25, 0.3) is 0 Å². The minimum Gasteiger partial charge on any atom is -0.428 e. The number of hydrogen-bond donors (Lipinski definition) is 0. The Bertz CT molecular complexity index is 958. The molecule has 0 radical (unpaired) electrons. The fourth-order valence-electron chi connectivity index (χ4n) is 3.27. The zero-order valence-electron chi connectivity index (χ0n) is 18.7. The van der Waals surface area contributed by atoms with Crippen molar-refractivity contribution in [2.45, 2.75) is 77.4 Å². The maximum Gasteiger partial charge on any atom is 0.336 e. The Balaban J connectivity index is 2.94. The van der Waals surface area contributed by atoms with Crippen molar-refractivity contribution in [3.63, 3.8) is 0 Å². The van der Waals surface area contributed by atoms with Gasteiger partial charge in [-0.25, -0.2) is 37.9 Å². The first-order valence-electron chi connectivity index (χ1n) is 11.1. The maximum atomic E-state index is 12.9. The number of hydrogen-bond acceptors (Lipinski definition) is 9. The fourth-order valence-corrected chi connectivity index (χ4v) is 3.27. The van der Waals surface area contributed by atoms with E-state index in [-0.39, 0.29) is 32.8 Å². The van der Waals surface area contributed by atoms with E-state index in [2.05, 4.69) is 14.5 Å². The van der Waals surface area contributed by atoms with Crippen molar-refractivity contribution in [1.29, 1.82) is 10.5 Å².